The van der Waals surface area contributed by atoms with Gasteiger partial charge in [-0.1, -0.05) is 23.7 Å². The molecule has 0 bridgehead atoms. The molecule has 6 nitrogen and oxygen atoms in total. The molecular formula is C19H16ClN3O3. The summed E-state index contributed by atoms with van der Waals surface area (Å²) < 4.78 is 4.62. The average molecular weight is 370 g/mol. The van der Waals surface area contributed by atoms with Crippen LogP contribution in [-0.4, -0.2) is 19.0 Å². The van der Waals surface area contributed by atoms with E-state index in [2.05, 4.69) is 15.4 Å². The predicted molar refractivity (Wildman–Crippen MR) is 98.4 cm³/mol. The number of halogens is 1. The van der Waals surface area contributed by atoms with E-state index in [0.29, 0.717) is 16.3 Å². The number of ether oxygens (including phenoxy) is 1. The first-order chi connectivity index (χ1) is 12.5. The van der Waals surface area contributed by atoms with Gasteiger partial charge in [0.05, 0.1) is 12.7 Å². The van der Waals surface area contributed by atoms with Crippen molar-refractivity contribution in [3.8, 4) is 6.07 Å². The predicted octanol–water partition coefficient (Wildman–Crippen LogP) is 3.26. The molecule has 0 fully saturated rings. The first-order valence-corrected chi connectivity index (χ1v) is 7.99. The molecule has 0 saturated carbocycles. The molecule has 0 aliphatic heterocycles. The molecule has 26 heavy (non-hydrogen) atoms. The molecule has 2 aromatic rings. The van der Waals surface area contributed by atoms with Crippen LogP contribution in [0.4, 0.5) is 5.69 Å². The van der Waals surface area contributed by atoms with E-state index in [1.54, 1.807) is 48.5 Å². The molecule has 7 heteroatoms. The maximum atomic E-state index is 12.1. The SMILES string of the molecule is COC(=O)c1ccc(N/C=C(/C#N)C(=O)NCc2ccc(Cl)cc2)cc1. The summed E-state index contributed by atoms with van der Waals surface area (Å²) in [5.41, 5.74) is 1.82. The van der Waals surface area contributed by atoms with Crippen LogP contribution >= 0.6 is 11.6 Å². The number of carbonyl (C=O) groups excluding carboxylic acids is 2. The summed E-state index contributed by atoms with van der Waals surface area (Å²) in [5.74, 6) is -0.937. The average Bonchev–Trinajstić information content (AvgIpc) is 2.67. The van der Waals surface area contributed by atoms with Gasteiger partial charge in [-0.3, -0.25) is 4.79 Å². The smallest absolute Gasteiger partial charge is 0.337 e. The van der Waals surface area contributed by atoms with Gasteiger partial charge in [0.25, 0.3) is 5.91 Å². The summed E-state index contributed by atoms with van der Waals surface area (Å²) in [7, 11) is 1.30. The second kappa shape index (κ2) is 9.25. The molecule has 0 spiro atoms. The Bertz CT molecular complexity index is 853. The zero-order valence-corrected chi connectivity index (χ0v) is 14.7. The summed E-state index contributed by atoms with van der Waals surface area (Å²) in [4.78, 5) is 23.5. The van der Waals surface area contributed by atoms with Gasteiger partial charge in [-0.25, -0.2) is 4.79 Å². The van der Waals surface area contributed by atoms with Gasteiger partial charge in [-0.2, -0.15) is 5.26 Å². The van der Waals surface area contributed by atoms with Gasteiger partial charge in [-0.05, 0) is 42.0 Å². The van der Waals surface area contributed by atoms with E-state index in [9.17, 15) is 9.59 Å². The van der Waals surface area contributed by atoms with Gasteiger partial charge < -0.3 is 15.4 Å². The summed E-state index contributed by atoms with van der Waals surface area (Å²) in [6.45, 7) is 0.281. The number of hydrogen-bond acceptors (Lipinski definition) is 5. The highest BCUT2D eigenvalue weighted by molar-refractivity contribution is 6.30. The lowest BCUT2D eigenvalue weighted by atomic mass is 10.2. The number of carbonyl (C=O) groups is 2. The van der Waals surface area contributed by atoms with Crippen molar-refractivity contribution in [2.24, 2.45) is 0 Å². The van der Waals surface area contributed by atoms with Crippen molar-refractivity contribution in [1.82, 2.24) is 5.32 Å². The highest BCUT2D eigenvalue weighted by Crippen LogP contribution is 2.12. The number of esters is 1. The van der Waals surface area contributed by atoms with Crippen molar-refractivity contribution in [1.29, 1.82) is 5.26 Å². The molecule has 2 aromatic carbocycles. The van der Waals surface area contributed by atoms with Gasteiger partial charge in [0.15, 0.2) is 0 Å². The van der Waals surface area contributed by atoms with Crippen LogP contribution in [0.3, 0.4) is 0 Å². The minimum absolute atomic E-state index is 0.0731. The van der Waals surface area contributed by atoms with Crippen molar-refractivity contribution in [2.75, 3.05) is 12.4 Å². The van der Waals surface area contributed by atoms with E-state index in [1.165, 1.54) is 13.3 Å². The van der Waals surface area contributed by atoms with E-state index >= 15 is 0 Å². The third kappa shape index (κ3) is 5.36. The molecule has 2 N–H and O–H groups in total. The fraction of sp³-hybridized carbons (Fsp3) is 0.105. The Hall–Kier alpha value is -3.30. The number of rotatable bonds is 6. The highest BCUT2D eigenvalue weighted by Gasteiger charge is 2.09. The zero-order chi connectivity index (χ0) is 18.9. The van der Waals surface area contributed by atoms with Crippen LogP contribution in [0.1, 0.15) is 15.9 Å². The van der Waals surface area contributed by atoms with Crippen molar-refractivity contribution < 1.29 is 14.3 Å². The van der Waals surface area contributed by atoms with Crippen LogP contribution in [0.25, 0.3) is 0 Å². The second-order valence-corrected chi connectivity index (χ2v) is 5.63. The lowest BCUT2D eigenvalue weighted by molar-refractivity contribution is -0.117. The second-order valence-electron chi connectivity index (χ2n) is 5.19. The van der Waals surface area contributed by atoms with Crippen LogP contribution in [0, 0.1) is 11.3 Å². The Labute approximate surface area is 156 Å². The van der Waals surface area contributed by atoms with Crippen LogP contribution in [0.15, 0.2) is 60.3 Å². The quantitative estimate of drug-likeness (QED) is 0.463. The third-order valence-electron chi connectivity index (χ3n) is 3.42. The van der Waals surface area contributed by atoms with E-state index in [0.717, 1.165) is 5.56 Å². The standard InChI is InChI=1S/C19H16ClN3O3/c1-26-19(25)14-4-8-17(9-5-14)22-12-15(10-21)18(24)23-11-13-2-6-16(20)7-3-13/h2-9,12,22H,11H2,1H3,(H,23,24)/b15-12-. The maximum absolute atomic E-state index is 12.1. The number of anilines is 1. The van der Waals surface area contributed by atoms with Crippen LogP contribution in [0.5, 0.6) is 0 Å². The summed E-state index contributed by atoms with van der Waals surface area (Å²) in [5, 5.41) is 15.3. The number of benzene rings is 2. The van der Waals surface area contributed by atoms with Crippen molar-refractivity contribution >= 4 is 29.2 Å². The molecule has 1 amide bonds. The maximum Gasteiger partial charge on any atom is 0.337 e. The Morgan fingerprint density at radius 1 is 1.15 bits per heavy atom. The van der Waals surface area contributed by atoms with E-state index < -0.39 is 11.9 Å². The van der Waals surface area contributed by atoms with Crippen molar-refractivity contribution in [3.05, 3.63) is 76.5 Å². The molecular weight excluding hydrogens is 354 g/mol. The van der Waals surface area contributed by atoms with Gasteiger partial charge in [-0.15, -0.1) is 0 Å². The molecule has 0 saturated heterocycles. The Balaban J connectivity index is 1.96. The molecule has 0 unspecified atom stereocenters. The summed E-state index contributed by atoms with van der Waals surface area (Å²) >= 11 is 5.81. The minimum Gasteiger partial charge on any atom is -0.465 e. The van der Waals surface area contributed by atoms with Crippen LogP contribution < -0.4 is 10.6 Å². The largest absolute Gasteiger partial charge is 0.465 e. The number of hydrogen-bond donors (Lipinski definition) is 2. The van der Waals surface area contributed by atoms with Crippen LogP contribution in [0.2, 0.25) is 5.02 Å². The number of nitriles is 1. The highest BCUT2D eigenvalue weighted by atomic mass is 35.5. The Kier molecular flexibility index (Phi) is 6.77. The normalized spacial score (nSPS) is 10.6. The zero-order valence-electron chi connectivity index (χ0n) is 14.0. The van der Waals surface area contributed by atoms with E-state index in [1.807, 2.05) is 6.07 Å². The van der Waals surface area contributed by atoms with Crippen LogP contribution in [-0.2, 0) is 16.1 Å². The molecule has 0 aliphatic carbocycles. The lowest BCUT2D eigenvalue weighted by Gasteiger charge is -2.06. The minimum atomic E-state index is -0.499. The summed E-state index contributed by atoms with van der Waals surface area (Å²) in [6, 6.07) is 15.3. The first kappa shape index (κ1) is 19.0. The topological polar surface area (TPSA) is 91.2 Å². The number of nitrogens with one attached hydrogen (secondary N) is 2. The number of methoxy groups -OCH3 is 1. The van der Waals surface area contributed by atoms with Crippen molar-refractivity contribution in [2.45, 2.75) is 6.54 Å². The fourth-order valence-electron chi connectivity index (χ4n) is 2.00. The molecule has 2 rings (SSSR count). The molecule has 0 atom stereocenters. The molecule has 132 valence electrons. The molecule has 0 aliphatic rings. The molecule has 0 heterocycles. The van der Waals surface area contributed by atoms with E-state index in [-0.39, 0.29) is 12.1 Å². The summed E-state index contributed by atoms with van der Waals surface area (Å²) in [6.07, 6.45) is 1.31. The Morgan fingerprint density at radius 2 is 1.81 bits per heavy atom. The lowest BCUT2D eigenvalue weighted by Crippen LogP contribution is -2.24. The van der Waals surface area contributed by atoms with E-state index in [4.69, 9.17) is 16.9 Å². The molecule has 0 aromatic heterocycles. The Morgan fingerprint density at radius 3 is 2.38 bits per heavy atom. The van der Waals surface area contributed by atoms with Gasteiger partial charge in [0, 0.05) is 23.5 Å². The first-order valence-electron chi connectivity index (χ1n) is 7.61. The van der Waals surface area contributed by atoms with Gasteiger partial charge in [0.2, 0.25) is 0 Å². The van der Waals surface area contributed by atoms with Gasteiger partial charge >= 0.3 is 5.97 Å². The van der Waals surface area contributed by atoms with Gasteiger partial charge in [0.1, 0.15) is 11.6 Å². The van der Waals surface area contributed by atoms with Crippen molar-refractivity contribution in [3.63, 3.8) is 0 Å². The third-order valence-corrected chi connectivity index (χ3v) is 3.67. The fourth-order valence-corrected chi connectivity index (χ4v) is 2.13. The monoisotopic (exact) mass is 369 g/mol. The molecule has 0 radical (unpaired) electrons. The number of amides is 1. The number of nitrogens with zero attached hydrogens (tertiary/aromatic N) is 1.